The highest BCUT2D eigenvalue weighted by atomic mass is 32.2. The number of amides is 1. The molecule has 2 heterocycles. The Morgan fingerprint density at radius 1 is 1.12 bits per heavy atom. The van der Waals surface area contributed by atoms with Gasteiger partial charge in [0.25, 0.3) is 0 Å². The molecule has 1 aromatic carbocycles. The maximum atomic E-state index is 11.9. The summed E-state index contributed by atoms with van der Waals surface area (Å²) in [4.78, 5) is 11.9. The van der Waals surface area contributed by atoms with Crippen LogP contribution in [0.1, 0.15) is 6.92 Å². The zero-order chi connectivity index (χ0) is 18.2. The Kier molecular flexibility index (Phi) is 6.32. The minimum atomic E-state index is -0.0713. The van der Waals surface area contributed by atoms with Crippen molar-refractivity contribution >= 4 is 23.3 Å². The van der Waals surface area contributed by atoms with Gasteiger partial charge in [-0.2, -0.15) is 0 Å². The lowest BCUT2D eigenvalue weighted by atomic mass is 10.3. The first kappa shape index (κ1) is 18.1. The summed E-state index contributed by atoms with van der Waals surface area (Å²) in [6, 6.07) is 13.1. The monoisotopic (exact) mass is 372 g/mol. The maximum absolute atomic E-state index is 11.9. The molecule has 0 aliphatic heterocycles. The average molecular weight is 372 g/mol. The molecule has 8 heteroatoms. The second kappa shape index (κ2) is 9.10. The highest BCUT2D eigenvalue weighted by molar-refractivity contribution is 7.99. The summed E-state index contributed by atoms with van der Waals surface area (Å²) in [7, 11) is 0. The van der Waals surface area contributed by atoms with Gasteiger partial charge >= 0.3 is 0 Å². The normalized spacial score (nSPS) is 10.7. The molecule has 7 nitrogen and oxygen atoms in total. The number of ether oxygens (including phenoxy) is 2. The number of aromatic nitrogens is 3. The fraction of sp³-hybridized carbons (Fsp3) is 0.278. The SMILES string of the molecule is CCOc1ccc(OCCNC(=O)CSc2nnc3ccccn23)cc1. The van der Waals surface area contributed by atoms with E-state index in [4.69, 9.17) is 9.47 Å². The van der Waals surface area contributed by atoms with Gasteiger partial charge in [0.1, 0.15) is 18.1 Å². The molecule has 3 rings (SSSR count). The summed E-state index contributed by atoms with van der Waals surface area (Å²) in [6.07, 6.45) is 1.88. The standard InChI is InChI=1S/C18H20N4O3S/c1-2-24-14-6-8-15(9-7-14)25-12-10-19-17(23)13-26-18-21-20-16-5-3-4-11-22(16)18/h3-9,11H,2,10,12-13H2,1H3,(H,19,23). The number of hydrogen-bond acceptors (Lipinski definition) is 6. The molecule has 1 amide bonds. The Balaban J connectivity index is 1.36. The predicted molar refractivity (Wildman–Crippen MR) is 99.8 cm³/mol. The number of benzene rings is 1. The molecule has 2 aromatic heterocycles. The lowest BCUT2D eigenvalue weighted by molar-refractivity contribution is -0.118. The number of nitrogens with one attached hydrogen (secondary N) is 1. The Hall–Kier alpha value is -2.74. The molecule has 0 spiro atoms. The van der Waals surface area contributed by atoms with Gasteiger partial charge in [-0.15, -0.1) is 10.2 Å². The first-order valence-electron chi connectivity index (χ1n) is 8.31. The van der Waals surface area contributed by atoms with E-state index in [0.717, 1.165) is 17.1 Å². The molecule has 0 aliphatic carbocycles. The van der Waals surface area contributed by atoms with Gasteiger partial charge in [0.2, 0.25) is 5.91 Å². The second-order valence-electron chi connectivity index (χ2n) is 5.30. The van der Waals surface area contributed by atoms with Crippen LogP contribution in [0.3, 0.4) is 0 Å². The first-order chi connectivity index (χ1) is 12.8. The summed E-state index contributed by atoms with van der Waals surface area (Å²) in [5.74, 6) is 1.76. The van der Waals surface area contributed by atoms with Crippen molar-refractivity contribution in [2.45, 2.75) is 12.1 Å². The van der Waals surface area contributed by atoms with Gasteiger partial charge in [0.15, 0.2) is 10.8 Å². The van der Waals surface area contributed by atoms with Crippen molar-refractivity contribution in [3.05, 3.63) is 48.7 Å². The molecule has 0 saturated heterocycles. The number of pyridine rings is 1. The van der Waals surface area contributed by atoms with Gasteiger partial charge in [-0.05, 0) is 43.3 Å². The fourth-order valence-electron chi connectivity index (χ4n) is 2.26. The van der Waals surface area contributed by atoms with E-state index < -0.39 is 0 Å². The highest BCUT2D eigenvalue weighted by Crippen LogP contribution is 2.17. The molecule has 0 saturated carbocycles. The first-order valence-corrected chi connectivity index (χ1v) is 9.30. The van der Waals surface area contributed by atoms with Crippen LogP contribution < -0.4 is 14.8 Å². The lowest BCUT2D eigenvalue weighted by Gasteiger charge is -2.08. The minimum Gasteiger partial charge on any atom is -0.494 e. The third-order valence-electron chi connectivity index (χ3n) is 3.44. The molecule has 0 radical (unpaired) electrons. The van der Waals surface area contributed by atoms with E-state index in [-0.39, 0.29) is 11.7 Å². The van der Waals surface area contributed by atoms with E-state index in [1.807, 2.05) is 60.0 Å². The molecule has 1 N–H and O–H groups in total. The number of carbonyl (C=O) groups excluding carboxylic acids is 1. The molecule has 3 aromatic rings. The van der Waals surface area contributed by atoms with E-state index in [0.29, 0.717) is 24.9 Å². The van der Waals surface area contributed by atoms with Gasteiger partial charge < -0.3 is 14.8 Å². The largest absolute Gasteiger partial charge is 0.494 e. The van der Waals surface area contributed by atoms with Crippen LogP contribution in [0.2, 0.25) is 0 Å². The summed E-state index contributed by atoms with van der Waals surface area (Å²) in [5, 5.41) is 11.7. The maximum Gasteiger partial charge on any atom is 0.230 e. The second-order valence-corrected chi connectivity index (χ2v) is 6.25. The molecular weight excluding hydrogens is 352 g/mol. The smallest absolute Gasteiger partial charge is 0.230 e. The third kappa shape index (κ3) is 4.89. The molecule has 26 heavy (non-hydrogen) atoms. The van der Waals surface area contributed by atoms with E-state index in [2.05, 4.69) is 15.5 Å². The van der Waals surface area contributed by atoms with Crippen molar-refractivity contribution in [2.24, 2.45) is 0 Å². The van der Waals surface area contributed by atoms with Crippen LogP contribution >= 0.6 is 11.8 Å². The van der Waals surface area contributed by atoms with Crippen LogP contribution in [-0.2, 0) is 4.79 Å². The number of thioether (sulfide) groups is 1. The quantitative estimate of drug-likeness (QED) is 0.459. The van der Waals surface area contributed by atoms with Crippen LogP contribution in [0, 0.1) is 0 Å². The number of rotatable bonds is 9. The molecule has 0 unspecified atom stereocenters. The van der Waals surface area contributed by atoms with E-state index in [1.165, 1.54) is 11.8 Å². The Labute approximate surface area is 155 Å². The Bertz CT molecular complexity index is 851. The molecule has 0 aliphatic rings. The molecular formula is C18H20N4O3S. The summed E-state index contributed by atoms with van der Waals surface area (Å²) < 4.78 is 12.8. The zero-order valence-corrected chi connectivity index (χ0v) is 15.2. The van der Waals surface area contributed by atoms with Crippen LogP contribution in [0.15, 0.2) is 53.8 Å². The van der Waals surface area contributed by atoms with Gasteiger partial charge in [0.05, 0.1) is 18.9 Å². The van der Waals surface area contributed by atoms with Gasteiger partial charge in [0, 0.05) is 6.20 Å². The molecule has 0 fully saturated rings. The lowest BCUT2D eigenvalue weighted by Crippen LogP contribution is -2.29. The summed E-state index contributed by atoms with van der Waals surface area (Å²) in [5.41, 5.74) is 0.763. The van der Waals surface area contributed by atoms with Gasteiger partial charge in [-0.25, -0.2) is 0 Å². The highest BCUT2D eigenvalue weighted by Gasteiger charge is 2.08. The van der Waals surface area contributed by atoms with Gasteiger partial charge in [-0.3, -0.25) is 9.20 Å². The molecule has 136 valence electrons. The number of carbonyl (C=O) groups is 1. The van der Waals surface area contributed by atoms with Crippen LogP contribution in [0.5, 0.6) is 11.5 Å². The van der Waals surface area contributed by atoms with Crippen LogP contribution in [-0.4, -0.2) is 46.0 Å². The summed E-state index contributed by atoms with van der Waals surface area (Å²) in [6.45, 7) is 3.41. The van der Waals surface area contributed by atoms with Crippen molar-refractivity contribution in [1.29, 1.82) is 0 Å². The van der Waals surface area contributed by atoms with Crippen molar-refractivity contribution in [1.82, 2.24) is 19.9 Å². The number of hydrogen-bond donors (Lipinski definition) is 1. The molecule has 0 bridgehead atoms. The molecule has 0 atom stereocenters. The van der Waals surface area contributed by atoms with Crippen molar-refractivity contribution in [3.8, 4) is 11.5 Å². The van der Waals surface area contributed by atoms with Crippen molar-refractivity contribution in [2.75, 3.05) is 25.5 Å². The Morgan fingerprint density at radius 2 is 1.88 bits per heavy atom. The third-order valence-corrected chi connectivity index (χ3v) is 4.39. The summed E-state index contributed by atoms with van der Waals surface area (Å²) >= 11 is 1.35. The van der Waals surface area contributed by atoms with Crippen LogP contribution in [0.25, 0.3) is 5.65 Å². The van der Waals surface area contributed by atoms with Crippen molar-refractivity contribution in [3.63, 3.8) is 0 Å². The Morgan fingerprint density at radius 3 is 2.65 bits per heavy atom. The topological polar surface area (TPSA) is 77.8 Å². The van der Waals surface area contributed by atoms with E-state index in [1.54, 1.807) is 0 Å². The zero-order valence-electron chi connectivity index (χ0n) is 14.4. The predicted octanol–water partition coefficient (Wildman–Crippen LogP) is 2.42. The van der Waals surface area contributed by atoms with Crippen LogP contribution in [0.4, 0.5) is 0 Å². The van der Waals surface area contributed by atoms with Gasteiger partial charge in [-0.1, -0.05) is 17.8 Å². The van der Waals surface area contributed by atoms with E-state index in [9.17, 15) is 4.79 Å². The van der Waals surface area contributed by atoms with Crippen molar-refractivity contribution < 1.29 is 14.3 Å². The fourth-order valence-corrected chi connectivity index (χ4v) is 3.01. The number of fused-ring (bicyclic) bond motifs is 1. The average Bonchev–Trinajstić information content (AvgIpc) is 3.08. The number of nitrogens with zero attached hydrogens (tertiary/aromatic N) is 3. The minimum absolute atomic E-state index is 0.0713. The van der Waals surface area contributed by atoms with E-state index >= 15 is 0 Å².